The Hall–Kier alpha value is -2.58. The van der Waals surface area contributed by atoms with Crippen molar-refractivity contribution in [1.82, 2.24) is 9.80 Å². The maximum atomic E-state index is 12.3. The van der Waals surface area contributed by atoms with Gasteiger partial charge in [0.25, 0.3) is 23.6 Å². The van der Waals surface area contributed by atoms with Gasteiger partial charge in [0, 0.05) is 0 Å². The quantitative estimate of drug-likeness (QED) is 0.357. The number of carbonyl (C=O) groups excluding carboxylic acids is 4. The van der Waals surface area contributed by atoms with Crippen molar-refractivity contribution in [3.05, 3.63) is 70.8 Å². The van der Waals surface area contributed by atoms with Crippen molar-refractivity contribution in [3.63, 3.8) is 0 Å². The van der Waals surface area contributed by atoms with E-state index in [0.29, 0.717) is 34.0 Å². The molecule has 2 heterocycles. The van der Waals surface area contributed by atoms with Crippen molar-refractivity contribution in [3.8, 4) is 0 Å². The zero-order chi connectivity index (χ0) is 22.5. The van der Waals surface area contributed by atoms with Crippen molar-refractivity contribution >= 4 is 47.2 Å². The van der Waals surface area contributed by atoms with Crippen LogP contribution < -0.4 is 0 Å². The summed E-state index contributed by atoms with van der Waals surface area (Å²) in [5.74, 6) is 1.78. The van der Waals surface area contributed by atoms with Crippen LogP contribution in [0.1, 0.15) is 67.1 Å². The Kier molecular flexibility index (Phi) is 7.32. The number of unbranched alkanes of at least 4 members (excludes halogenated alkanes) is 3. The Morgan fingerprint density at radius 2 is 0.812 bits per heavy atom. The molecule has 0 atom stereocenters. The first-order valence-electron chi connectivity index (χ1n) is 10.7. The molecule has 0 unspecified atom stereocenters. The number of nitrogens with zero attached hydrogens (tertiary/aromatic N) is 2. The number of fused-ring (bicyclic) bond motifs is 2. The number of amides is 4. The van der Waals surface area contributed by atoms with Crippen molar-refractivity contribution in [2.75, 3.05) is 23.3 Å². The zero-order valence-corrected chi connectivity index (χ0v) is 19.3. The van der Waals surface area contributed by atoms with Gasteiger partial charge in [0.05, 0.1) is 34.0 Å². The second-order valence-electron chi connectivity index (χ2n) is 7.66. The van der Waals surface area contributed by atoms with Crippen LogP contribution in [0.5, 0.6) is 0 Å². The molecule has 32 heavy (non-hydrogen) atoms. The van der Waals surface area contributed by atoms with E-state index in [-0.39, 0.29) is 23.6 Å². The third-order valence-corrected chi connectivity index (χ3v) is 7.56. The molecule has 0 aliphatic carbocycles. The molecule has 0 saturated carbocycles. The van der Waals surface area contributed by atoms with Crippen LogP contribution in [0, 0.1) is 0 Å². The van der Waals surface area contributed by atoms with E-state index < -0.39 is 0 Å². The lowest BCUT2D eigenvalue weighted by atomic mass is 10.1. The predicted molar refractivity (Wildman–Crippen MR) is 127 cm³/mol. The average molecular weight is 469 g/mol. The Balaban J connectivity index is 1.05. The first-order valence-corrected chi connectivity index (χ1v) is 13.0. The summed E-state index contributed by atoms with van der Waals surface area (Å²) in [7, 11) is 0. The van der Waals surface area contributed by atoms with Crippen molar-refractivity contribution in [2.45, 2.75) is 25.7 Å². The van der Waals surface area contributed by atoms with Gasteiger partial charge >= 0.3 is 0 Å². The average Bonchev–Trinajstić information content (AvgIpc) is 3.20. The van der Waals surface area contributed by atoms with Crippen molar-refractivity contribution < 1.29 is 19.2 Å². The van der Waals surface area contributed by atoms with E-state index in [9.17, 15) is 19.2 Å². The van der Waals surface area contributed by atoms with Gasteiger partial charge in [0.1, 0.15) is 0 Å². The third kappa shape index (κ3) is 4.61. The molecule has 0 radical (unpaired) electrons. The molecule has 4 amide bonds. The van der Waals surface area contributed by atoms with Crippen LogP contribution in [0.25, 0.3) is 0 Å². The highest BCUT2D eigenvalue weighted by Gasteiger charge is 2.35. The summed E-state index contributed by atoms with van der Waals surface area (Å²) >= 11 is 3.21. The summed E-state index contributed by atoms with van der Waals surface area (Å²) in [6.07, 6.45) is 4.19. The first kappa shape index (κ1) is 22.6. The molecule has 0 fully saturated rings. The molecule has 2 aliphatic heterocycles. The SMILES string of the molecule is O=C1c2ccccc2C(=O)N1CSCCCCCCSCN1C(=O)c2ccccc2C1=O. The Morgan fingerprint density at radius 1 is 0.500 bits per heavy atom. The highest BCUT2D eigenvalue weighted by atomic mass is 32.2. The fourth-order valence-electron chi connectivity index (χ4n) is 3.79. The normalized spacial score (nSPS) is 15.0. The Labute approximate surface area is 195 Å². The molecule has 0 aromatic heterocycles. The minimum atomic E-state index is -0.201. The number of hydrogen-bond donors (Lipinski definition) is 0. The molecule has 0 bridgehead atoms. The highest BCUT2D eigenvalue weighted by Crippen LogP contribution is 2.26. The zero-order valence-electron chi connectivity index (χ0n) is 17.6. The van der Waals surface area contributed by atoms with Crippen LogP contribution >= 0.6 is 23.5 Å². The lowest BCUT2D eigenvalue weighted by Crippen LogP contribution is -2.29. The van der Waals surface area contributed by atoms with Gasteiger partial charge in [-0.25, -0.2) is 0 Å². The Morgan fingerprint density at radius 3 is 1.12 bits per heavy atom. The van der Waals surface area contributed by atoms with Crippen LogP contribution in [-0.4, -0.2) is 56.7 Å². The molecule has 0 N–H and O–H groups in total. The lowest BCUT2D eigenvalue weighted by molar-refractivity contribution is 0.0668. The number of hydrogen-bond acceptors (Lipinski definition) is 6. The molecule has 6 nitrogen and oxygen atoms in total. The van der Waals surface area contributed by atoms with Gasteiger partial charge in [-0.15, -0.1) is 23.5 Å². The van der Waals surface area contributed by atoms with Gasteiger partial charge in [-0.3, -0.25) is 29.0 Å². The van der Waals surface area contributed by atoms with E-state index in [0.717, 1.165) is 37.2 Å². The summed E-state index contributed by atoms with van der Waals surface area (Å²) in [6, 6.07) is 13.9. The minimum Gasteiger partial charge on any atom is -0.269 e. The van der Waals surface area contributed by atoms with E-state index in [2.05, 4.69) is 0 Å². The van der Waals surface area contributed by atoms with Crippen molar-refractivity contribution in [2.24, 2.45) is 0 Å². The molecular weight excluding hydrogens is 444 g/mol. The fourth-order valence-corrected chi connectivity index (χ4v) is 5.70. The van der Waals surface area contributed by atoms with Crippen molar-refractivity contribution in [1.29, 1.82) is 0 Å². The van der Waals surface area contributed by atoms with E-state index in [1.165, 1.54) is 9.80 Å². The number of rotatable bonds is 11. The molecule has 166 valence electrons. The van der Waals surface area contributed by atoms with E-state index >= 15 is 0 Å². The fraction of sp³-hybridized carbons (Fsp3) is 0.333. The topological polar surface area (TPSA) is 74.8 Å². The van der Waals surface area contributed by atoms with Crippen LogP contribution in [0.4, 0.5) is 0 Å². The maximum absolute atomic E-state index is 12.3. The standard InChI is InChI=1S/C24H24N2O4S2/c27-21-17-9-3-4-10-18(17)22(28)25(21)15-31-13-7-1-2-8-14-32-16-26-23(29)19-11-5-6-12-20(19)24(26)30/h3-6,9-12H,1-2,7-8,13-16H2. The Bertz CT molecular complexity index is 902. The van der Waals surface area contributed by atoms with Gasteiger partial charge in [-0.05, 0) is 48.6 Å². The molecular formula is C24H24N2O4S2. The molecule has 0 spiro atoms. The molecule has 2 aromatic rings. The maximum Gasteiger partial charge on any atom is 0.262 e. The van der Waals surface area contributed by atoms with Gasteiger partial charge < -0.3 is 0 Å². The van der Waals surface area contributed by atoms with E-state index in [4.69, 9.17) is 0 Å². The van der Waals surface area contributed by atoms with Crippen LogP contribution in [0.3, 0.4) is 0 Å². The van der Waals surface area contributed by atoms with E-state index in [1.807, 2.05) is 0 Å². The van der Waals surface area contributed by atoms with Gasteiger partial charge in [-0.1, -0.05) is 37.1 Å². The van der Waals surface area contributed by atoms with Gasteiger partial charge in [0.15, 0.2) is 0 Å². The third-order valence-electron chi connectivity index (χ3n) is 5.52. The van der Waals surface area contributed by atoms with Crippen LogP contribution in [0.15, 0.2) is 48.5 Å². The molecule has 0 saturated heterocycles. The smallest absolute Gasteiger partial charge is 0.262 e. The predicted octanol–water partition coefficient (Wildman–Crippen LogP) is 4.52. The van der Waals surface area contributed by atoms with Gasteiger partial charge in [-0.2, -0.15) is 0 Å². The second kappa shape index (κ2) is 10.4. The van der Waals surface area contributed by atoms with Crippen LogP contribution in [-0.2, 0) is 0 Å². The monoisotopic (exact) mass is 468 g/mol. The molecule has 4 rings (SSSR count). The molecule has 2 aromatic carbocycles. The number of imide groups is 2. The number of benzene rings is 2. The first-order chi connectivity index (χ1) is 15.6. The van der Waals surface area contributed by atoms with Gasteiger partial charge in [0.2, 0.25) is 0 Å². The highest BCUT2D eigenvalue weighted by molar-refractivity contribution is 7.99. The molecule has 8 heteroatoms. The molecule has 2 aliphatic rings. The summed E-state index contributed by atoms with van der Waals surface area (Å²) in [5.41, 5.74) is 1.99. The largest absolute Gasteiger partial charge is 0.269 e. The van der Waals surface area contributed by atoms with Crippen LogP contribution in [0.2, 0.25) is 0 Å². The minimum absolute atomic E-state index is 0.201. The van der Waals surface area contributed by atoms with E-state index in [1.54, 1.807) is 72.1 Å². The number of thioether (sulfide) groups is 2. The summed E-state index contributed by atoms with van der Waals surface area (Å²) in [4.78, 5) is 51.9. The lowest BCUT2D eigenvalue weighted by Gasteiger charge is -2.13. The second-order valence-corrected chi connectivity index (χ2v) is 9.81. The summed E-state index contributed by atoms with van der Waals surface area (Å²) in [6.45, 7) is 0. The summed E-state index contributed by atoms with van der Waals surface area (Å²) < 4.78 is 0. The number of carbonyl (C=O) groups is 4. The summed E-state index contributed by atoms with van der Waals surface area (Å²) in [5, 5.41) is 0.